The fraction of sp³-hybridized carbons (Fsp3) is 0.636. The van der Waals surface area contributed by atoms with E-state index in [2.05, 4.69) is 13.8 Å². The Hall–Kier alpha value is -1.49. The number of hydrogen-bond donors (Lipinski definition) is 0. The maximum Gasteiger partial charge on any atom is 0.329 e. The Morgan fingerprint density at radius 3 is 2.44 bits per heavy atom. The van der Waals surface area contributed by atoms with Crippen LogP contribution in [0.1, 0.15) is 76.2 Å². The Balaban J connectivity index is 2.04. The number of ether oxygens (including phenoxy) is 1. The van der Waals surface area contributed by atoms with Crippen molar-refractivity contribution in [2.24, 2.45) is 0 Å². The molecule has 150 valence electrons. The van der Waals surface area contributed by atoms with Crippen LogP contribution in [0.5, 0.6) is 0 Å². The minimum atomic E-state index is -0.472. The normalized spacial score (nSPS) is 19.3. The average molecular weight is 392 g/mol. The van der Waals surface area contributed by atoms with E-state index in [4.69, 9.17) is 4.74 Å². The summed E-state index contributed by atoms with van der Waals surface area (Å²) in [7, 11) is 0. The van der Waals surface area contributed by atoms with E-state index in [0.29, 0.717) is 18.8 Å². The Morgan fingerprint density at radius 1 is 1.04 bits per heavy atom. The summed E-state index contributed by atoms with van der Waals surface area (Å²) in [5.74, 6) is 0.419. The molecule has 0 spiro atoms. The summed E-state index contributed by atoms with van der Waals surface area (Å²) in [5, 5.41) is -0.0990. The molecule has 0 saturated carbocycles. The third kappa shape index (κ3) is 6.56. The van der Waals surface area contributed by atoms with Crippen molar-refractivity contribution in [2.75, 3.05) is 12.4 Å². The molecule has 1 aliphatic heterocycles. The number of amides is 1. The molecule has 1 amide bonds. The average Bonchev–Trinajstić information content (AvgIpc) is 3.14. The van der Waals surface area contributed by atoms with Gasteiger partial charge in [-0.1, -0.05) is 76.3 Å². The molecule has 2 unspecified atom stereocenters. The first kappa shape index (κ1) is 21.8. The standard InChI is InChI=1S/C22H33NO3S/c1-3-5-7-8-12-15-20(24)23-19(22(25)26-16-6-4-2)17-27-21(23)18-13-10-9-11-14-18/h9-11,13-14,19,21H,3-8,12,15-17H2,1-2H3. The maximum atomic E-state index is 13.0. The van der Waals surface area contributed by atoms with Gasteiger partial charge in [-0.05, 0) is 18.4 Å². The third-order valence-corrected chi connectivity index (χ3v) is 6.20. The van der Waals surface area contributed by atoms with E-state index in [1.54, 1.807) is 16.7 Å². The molecule has 1 aromatic carbocycles. The summed E-state index contributed by atoms with van der Waals surface area (Å²) in [5.41, 5.74) is 1.07. The smallest absolute Gasteiger partial charge is 0.329 e. The van der Waals surface area contributed by atoms with Crippen LogP contribution in [-0.4, -0.2) is 35.2 Å². The molecule has 1 aromatic rings. The molecule has 0 aromatic heterocycles. The Kier molecular flexibility index (Phi) is 9.74. The van der Waals surface area contributed by atoms with Crippen molar-refractivity contribution in [3.05, 3.63) is 35.9 Å². The molecule has 27 heavy (non-hydrogen) atoms. The molecule has 0 bridgehead atoms. The largest absolute Gasteiger partial charge is 0.464 e. The van der Waals surface area contributed by atoms with E-state index < -0.39 is 6.04 Å². The number of esters is 1. The molecular weight excluding hydrogens is 358 g/mol. The van der Waals surface area contributed by atoms with Crippen molar-refractivity contribution in [1.29, 1.82) is 0 Å². The summed E-state index contributed by atoms with van der Waals surface area (Å²) in [6.07, 6.45) is 7.89. The van der Waals surface area contributed by atoms with E-state index in [1.807, 2.05) is 30.3 Å². The van der Waals surface area contributed by atoms with Gasteiger partial charge in [-0.2, -0.15) is 0 Å². The van der Waals surface area contributed by atoms with Crippen molar-refractivity contribution < 1.29 is 14.3 Å². The van der Waals surface area contributed by atoms with E-state index in [0.717, 1.165) is 31.2 Å². The topological polar surface area (TPSA) is 46.6 Å². The monoisotopic (exact) mass is 391 g/mol. The first-order valence-electron chi connectivity index (χ1n) is 10.3. The van der Waals surface area contributed by atoms with Gasteiger partial charge in [0.15, 0.2) is 0 Å². The highest BCUT2D eigenvalue weighted by Crippen LogP contribution is 2.42. The van der Waals surface area contributed by atoms with Gasteiger partial charge in [-0.15, -0.1) is 11.8 Å². The highest BCUT2D eigenvalue weighted by molar-refractivity contribution is 7.99. The Morgan fingerprint density at radius 2 is 1.74 bits per heavy atom. The van der Waals surface area contributed by atoms with Crippen LogP contribution in [0.2, 0.25) is 0 Å². The number of unbranched alkanes of at least 4 members (excludes halogenated alkanes) is 5. The van der Waals surface area contributed by atoms with Crippen LogP contribution in [-0.2, 0) is 14.3 Å². The Labute approximate surface area is 168 Å². The van der Waals surface area contributed by atoms with Crippen molar-refractivity contribution >= 4 is 23.6 Å². The SMILES string of the molecule is CCCCCCCC(=O)N1C(C(=O)OCCCC)CSC1c1ccccc1. The predicted octanol–water partition coefficient (Wildman–Crippen LogP) is 5.33. The van der Waals surface area contributed by atoms with Gasteiger partial charge in [-0.25, -0.2) is 4.79 Å². The molecule has 1 saturated heterocycles. The number of nitrogens with zero attached hydrogens (tertiary/aromatic N) is 1. The van der Waals surface area contributed by atoms with Crippen LogP contribution in [0.3, 0.4) is 0 Å². The number of thioether (sulfide) groups is 1. The number of hydrogen-bond acceptors (Lipinski definition) is 4. The lowest BCUT2D eigenvalue weighted by molar-refractivity contribution is -0.154. The van der Waals surface area contributed by atoms with Gasteiger partial charge in [0.25, 0.3) is 0 Å². The van der Waals surface area contributed by atoms with Crippen LogP contribution in [0.4, 0.5) is 0 Å². The lowest BCUT2D eigenvalue weighted by Crippen LogP contribution is -2.43. The van der Waals surface area contributed by atoms with E-state index in [1.165, 1.54) is 19.3 Å². The van der Waals surface area contributed by atoms with Gasteiger partial charge in [0.1, 0.15) is 11.4 Å². The summed E-state index contributed by atoms with van der Waals surface area (Å²) < 4.78 is 5.44. The van der Waals surface area contributed by atoms with Crippen molar-refractivity contribution in [3.8, 4) is 0 Å². The number of carbonyl (C=O) groups excluding carboxylic acids is 2. The van der Waals surface area contributed by atoms with E-state index >= 15 is 0 Å². The fourth-order valence-electron chi connectivity index (χ4n) is 3.29. The lowest BCUT2D eigenvalue weighted by atomic mass is 10.1. The van der Waals surface area contributed by atoms with Crippen molar-refractivity contribution in [3.63, 3.8) is 0 Å². The molecule has 1 fully saturated rings. The van der Waals surface area contributed by atoms with Crippen LogP contribution >= 0.6 is 11.8 Å². The second-order valence-electron chi connectivity index (χ2n) is 7.10. The summed E-state index contributed by atoms with van der Waals surface area (Å²) in [6.45, 7) is 4.69. The minimum Gasteiger partial charge on any atom is -0.464 e. The molecule has 4 nitrogen and oxygen atoms in total. The first-order chi connectivity index (χ1) is 13.2. The zero-order valence-corrected chi connectivity index (χ0v) is 17.5. The van der Waals surface area contributed by atoms with Gasteiger partial charge >= 0.3 is 5.97 Å². The molecular formula is C22H33NO3S. The molecule has 0 N–H and O–H groups in total. The maximum absolute atomic E-state index is 13.0. The van der Waals surface area contributed by atoms with E-state index in [9.17, 15) is 9.59 Å². The molecule has 0 aliphatic carbocycles. The molecule has 2 rings (SSSR count). The second-order valence-corrected chi connectivity index (χ2v) is 8.21. The van der Waals surface area contributed by atoms with Gasteiger partial charge in [0, 0.05) is 12.2 Å². The van der Waals surface area contributed by atoms with Gasteiger partial charge < -0.3 is 9.64 Å². The van der Waals surface area contributed by atoms with Crippen LogP contribution in [0.15, 0.2) is 30.3 Å². The highest BCUT2D eigenvalue weighted by atomic mass is 32.2. The molecule has 1 heterocycles. The van der Waals surface area contributed by atoms with Crippen LogP contribution in [0.25, 0.3) is 0 Å². The van der Waals surface area contributed by atoms with E-state index in [-0.39, 0.29) is 17.3 Å². The van der Waals surface area contributed by atoms with Gasteiger partial charge in [-0.3, -0.25) is 4.79 Å². The zero-order valence-electron chi connectivity index (χ0n) is 16.7. The third-order valence-electron chi connectivity index (χ3n) is 4.88. The second kappa shape index (κ2) is 12.1. The van der Waals surface area contributed by atoms with Crippen LogP contribution < -0.4 is 0 Å². The van der Waals surface area contributed by atoms with Crippen LogP contribution in [0, 0.1) is 0 Å². The molecule has 5 heteroatoms. The quantitative estimate of drug-likeness (QED) is 0.378. The highest BCUT2D eigenvalue weighted by Gasteiger charge is 2.42. The Bertz CT molecular complexity index is 578. The molecule has 2 atom stereocenters. The number of benzene rings is 1. The van der Waals surface area contributed by atoms with Gasteiger partial charge in [0.05, 0.1) is 6.61 Å². The first-order valence-corrected chi connectivity index (χ1v) is 11.4. The minimum absolute atomic E-state index is 0.0720. The van der Waals surface area contributed by atoms with Crippen molar-refractivity contribution in [2.45, 2.75) is 76.6 Å². The zero-order chi connectivity index (χ0) is 19.5. The molecule has 0 radical (unpaired) electrons. The van der Waals surface area contributed by atoms with Gasteiger partial charge in [0.2, 0.25) is 5.91 Å². The summed E-state index contributed by atoms with van der Waals surface area (Å²) in [6, 6.07) is 9.53. The number of rotatable bonds is 11. The lowest BCUT2D eigenvalue weighted by Gasteiger charge is -2.28. The summed E-state index contributed by atoms with van der Waals surface area (Å²) >= 11 is 1.66. The number of carbonyl (C=O) groups is 2. The summed E-state index contributed by atoms with van der Waals surface area (Å²) in [4.78, 5) is 27.4. The molecule has 1 aliphatic rings. The fourth-order valence-corrected chi connectivity index (χ4v) is 4.73. The predicted molar refractivity (Wildman–Crippen MR) is 112 cm³/mol. The van der Waals surface area contributed by atoms with Crippen molar-refractivity contribution in [1.82, 2.24) is 4.90 Å².